The second kappa shape index (κ2) is 4.52. The molecule has 88 valence electrons. The molecule has 0 aromatic heterocycles. The fourth-order valence-corrected chi connectivity index (χ4v) is 2.45. The summed E-state index contributed by atoms with van der Waals surface area (Å²) in [5.74, 6) is 0. The lowest BCUT2D eigenvalue weighted by molar-refractivity contribution is 0.212. The number of amides is 1. The Morgan fingerprint density at radius 2 is 2.06 bits per heavy atom. The van der Waals surface area contributed by atoms with Crippen molar-refractivity contribution in [1.29, 1.82) is 0 Å². The Bertz CT molecular complexity index is 508. The molecule has 0 saturated heterocycles. The molecule has 1 rings (SSSR count). The second-order valence-corrected chi connectivity index (χ2v) is 4.84. The van der Waals surface area contributed by atoms with Gasteiger partial charge < -0.3 is 9.92 Å². The standard InChI is InChI=1S/C10H13NO4S/c1-3-8-6-7(2)4-5-9(8)16(13,14)15-10(11)12/h4-6H,3H2,1-2H3,(H2,11,12). The van der Waals surface area contributed by atoms with Crippen LogP contribution in [0.25, 0.3) is 0 Å². The van der Waals surface area contributed by atoms with Crippen LogP contribution >= 0.6 is 0 Å². The first-order valence-corrected chi connectivity index (χ1v) is 6.11. The molecule has 0 atom stereocenters. The molecule has 16 heavy (non-hydrogen) atoms. The molecule has 0 aliphatic carbocycles. The summed E-state index contributed by atoms with van der Waals surface area (Å²) in [7, 11) is -4.09. The Kier molecular flexibility index (Phi) is 3.54. The SMILES string of the molecule is CCc1cc(C)ccc1S(=O)(=O)OC(N)=O. The first-order valence-electron chi connectivity index (χ1n) is 4.70. The largest absolute Gasteiger partial charge is 0.420 e. The van der Waals surface area contributed by atoms with E-state index >= 15 is 0 Å². The zero-order valence-corrected chi connectivity index (χ0v) is 9.87. The van der Waals surface area contributed by atoms with Crippen molar-refractivity contribution in [2.45, 2.75) is 25.2 Å². The van der Waals surface area contributed by atoms with Crippen LogP contribution in [0.15, 0.2) is 23.1 Å². The van der Waals surface area contributed by atoms with Crippen molar-refractivity contribution in [3.63, 3.8) is 0 Å². The van der Waals surface area contributed by atoms with Crippen LogP contribution in [0.1, 0.15) is 18.1 Å². The highest BCUT2D eigenvalue weighted by molar-refractivity contribution is 7.87. The van der Waals surface area contributed by atoms with E-state index in [1.165, 1.54) is 6.07 Å². The van der Waals surface area contributed by atoms with Crippen molar-refractivity contribution >= 4 is 16.2 Å². The zero-order valence-electron chi connectivity index (χ0n) is 9.06. The van der Waals surface area contributed by atoms with Crippen LogP contribution in [0.2, 0.25) is 0 Å². The van der Waals surface area contributed by atoms with Crippen molar-refractivity contribution in [3.8, 4) is 0 Å². The predicted octanol–water partition coefficient (Wildman–Crippen LogP) is 1.34. The van der Waals surface area contributed by atoms with Gasteiger partial charge in [-0.1, -0.05) is 24.6 Å². The highest BCUT2D eigenvalue weighted by atomic mass is 32.2. The van der Waals surface area contributed by atoms with Crippen LogP contribution in [0, 0.1) is 6.92 Å². The number of aryl methyl sites for hydroxylation is 2. The maximum absolute atomic E-state index is 11.6. The molecule has 6 heteroatoms. The van der Waals surface area contributed by atoms with Crippen molar-refractivity contribution in [2.75, 3.05) is 0 Å². The van der Waals surface area contributed by atoms with E-state index < -0.39 is 16.2 Å². The van der Waals surface area contributed by atoms with Crippen LogP contribution in [0.5, 0.6) is 0 Å². The number of benzene rings is 1. The fraction of sp³-hybridized carbons (Fsp3) is 0.300. The zero-order chi connectivity index (χ0) is 12.3. The second-order valence-electron chi connectivity index (χ2n) is 3.32. The lowest BCUT2D eigenvalue weighted by atomic mass is 10.1. The maximum Gasteiger partial charge on any atom is 0.420 e. The summed E-state index contributed by atoms with van der Waals surface area (Å²) in [6.07, 6.45) is -0.805. The van der Waals surface area contributed by atoms with E-state index in [4.69, 9.17) is 5.73 Å². The average molecular weight is 243 g/mol. The molecule has 0 spiro atoms. The smallest absolute Gasteiger partial charge is 0.334 e. The first-order chi connectivity index (χ1) is 7.36. The van der Waals surface area contributed by atoms with Crippen LogP contribution in [-0.4, -0.2) is 14.5 Å². The van der Waals surface area contributed by atoms with Gasteiger partial charge in [-0.3, -0.25) is 0 Å². The van der Waals surface area contributed by atoms with Crippen LogP contribution < -0.4 is 5.73 Å². The molecule has 0 aliphatic heterocycles. The number of carbonyl (C=O) groups is 1. The van der Waals surface area contributed by atoms with Gasteiger partial charge >= 0.3 is 16.2 Å². The van der Waals surface area contributed by atoms with E-state index in [9.17, 15) is 13.2 Å². The molecule has 1 amide bonds. The molecule has 0 radical (unpaired) electrons. The molecule has 1 aromatic carbocycles. The summed E-state index contributed by atoms with van der Waals surface area (Å²) in [5, 5.41) is 0. The fourth-order valence-electron chi connectivity index (χ4n) is 1.38. The minimum absolute atomic E-state index is 0.0144. The summed E-state index contributed by atoms with van der Waals surface area (Å²) in [6.45, 7) is 3.67. The van der Waals surface area contributed by atoms with Gasteiger partial charge in [0.2, 0.25) is 0 Å². The Morgan fingerprint density at radius 1 is 1.44 bits per heavy atom. The average Bonchev–Trinajstić information content (AvgIpc) is 2.15. The molecule has 0 heterocycles. The van der Waals surface area contributed by atoms with E-state index in [0.717, 1.165) is 5.56 Å². The highest BCUT2D eigenvalue weighted by Gasteiger charge is 2.21. The minimum atomic E-state index is -4.09. The minimum Gasteiger partial charge on any atom is -0.334 e. The van der Waals surface area contributed by atoms with Crippen LogP contribution in [-0.2, 0) is 20.7 Å². The number of primary amides is 1. The van der Waals surface area contributed by atoms with Crippen molar-refractivity contribution in [2.24, 2.45) is 5.73 Å². The normalized spacial score (nSPS) is 11.1. The highest BCUT2D eigenvalue weighted by Crippen LogP contribution is 2.20. The first kappa shape index (κ1) is 12.5. The summed E-state index contributed by atoms with van der Waals surface area (Å²) in [4.78, 5) is 10.5. The van der Waals surface area contributed by atoms with E-state index in [1.807, 2.05) is 13.8 Å². The van der Waals surface area contributed by atoms with Gasteiger partial charge in [0.15, 0.2) is 0 Å². The third-order valence-corrected chi connectivity index (χ3v) is 3.38. The number of hydrogen-bond donors (Lipinski definition) is 1. The third kappa shape index (κ3) is 2.73. The van der Waals surface area contributed by atoms with Gasteiger partial charge in [-0.25, -0.2) is 4.79 Å². The van der Waals surface area contributed by atoms with E-state index in [1.54, 1.807) is 12.1 Å². The lowest BCUT2D eigenvalue weighted by Gasteiger charge is -2.08. The quantitative estimate of drug-likeness (QED) is 0.811. The van der Waals surface area contributed by atoms with E-state index in [0.29, 0.717) is 12.0 Å². The van der Waals surface area contributed by atoms with Gasteiger partial charge in [-0.2, -0.15) is 8.42 Å². The Balaban J connectivity index is 3.27. The van der Waals surface area contributed by atoms with E-state index in [2.05, 4.69) is 4.18 Å². The van der Waals surface area contributed by atoms with Crippen molar-refractivity contribution in [3.05, 3.63) is 29.3 Å². The van der Waals surface area contributed by atoms with Crippen molar-refractivity contribution in [1.82, 2.24) is 0 Å². The molecule has 0 bridgehead atoms. The van der Waals surface area contributed by atoms with Crippen molar-refractivity contribution < 1.29 is 17.4 Å². The third-order valence-electron chi connectivity index (χ3n) is 2.06. The summed E-state index contributed by atoms with van der Waals surface area (Å²) in [5.41, 5.74) is 6.24. The molecular weight excluding hydrogens is 230 g/mol. The molecule has 1 aromatic rings. The van der Waals surface area contributed by atoms with E-state index in [-0.39, 0.29) is 4.90 Å². The molecule has 0 unspecified atom stereocenters. The summed E-state index contributed by atoms with van der Waals surface area (Å²) >= 11 is 0. The summed E-state index contributed by atoms with van der Waals surface area (Å²) in [6, 6.07) is 4.78. The van der Waals surface area contributed by atoms with Gasteiger partial charge in [0.25, 0.3) is 0 Å². The van der Waals surface area contributed by atoms with Gasteiger partial charge in [0, 0.05) is 0 Å². The Labute approximate surface area is 94.3 Å². The Morgan fingerprint density at radius 3 is 2.56 bits per heavy atom. The molecule has 5 nitrogen and oxygen atoms in total. The number of nitrogens with two attached hydrogens (primary N) is 1. The molecule has 2 N–H and O–H groups in total. The molecule has 0 saturated carbocycles. The maximum atomic E-state index is 11.6. The monoisotopic (exact) mass is 243 g/mol. The number of rotatable bonds is 3. The molecule has 0 aliphatic rings. The molecule has 0 fully saturated rings. The van der Waals surface area contributed by atoms with Gasteiger partial charge in [-0.15, -0.1) is 0 Å². The lowest BCUT2D eigenvalue weighted by Crippen LogP contribution is -2.19. The van der Waals surface area contributed by atoms with Gasteiger partial charge in [0.05, 0.1) is 0 Å². The van der Waals surface area contributed by atoms with Gasteiger partial charge in [0.1, 0.15) is 4.90 Å². The predicted molar refractivity (Wildman–Crippen MR) is 58.4 cm³/mol. The topological polar surface area (TPSA) is 86.5 Å². The van der Waals surface area contributed by atoms with Crippen LogP contribution in [0.3, 0.4) is 0 Å². The number of carbonyl (C=O) groups excluding carboxylic acids is 1. The number of hydrogen-bond acceptors (Lipinski definition) is 4. The van der Waals surface area contributed by atoms with Crippen LogP contribution in [0.4, 0.5) is 4.79 Å². The summed E-state index contributed by atoms with van der Waals surface area (Å²) < 4.78 is 27.3. The van der Waals surface area contributed by atoms with Gasteiger partial charge in [-0.05, 0) is 25.0 Å². The molecular formula is C10H13NO4S. The Hall–Kier alpha value is -1.56.